The Hall–Kier alpha value is -1.00. The molecule has 0 saturated carbocycles. The Bertz CT molecular complexity index is 459. The molecule has 0 aliphatic carbocycles. The Morgan fingerprint density at radius 2 is 2.17 bits per heavy atom. The summed E-state index contributed by atoms with van der Waals surface area (Å²) >= 11 is 1.58. The van der Waals surface area contributed by atoms with Crippen molar-refractivity contribution in [1.29, 1.82) is 0 Å². The van der Waals surface area contributed by atoms with Gasteiger partial charge >= 0.3 is 0 Å². The Morgan fingerprint density at radius 1 is 1.44 bits per heavy atom. The molecule has 98 valence electrons. The molecule has 0 radical (unpaired) electrons. The van der Waals surface area contributed by atoms with Crippen LogP contribution < -0.4 is 4.90 Å². The highest BCUT2D eigenvalue weighted by Gasteiger charge is 2.23. The molecular weight excluding hydrogens is 246 g/mol. The van der Waals surface area contributed by atoms with Gasteiger partial charge in [0, 0.05) is 17.9 Å². The lowest BCUT2D eigenvalue weighted by Gasteiger charge is -2.27. The average molecular weight is 265 g/mol. The fraction of sp³-hybridized carbons (Fsp3) is 0.500. The molecule has 1 aliphatic rings. The number of rotatable bonds is 3. The van der Waals surface area contributed by atoms with Gasteiger partial charge in [-0.15, -0.1) is 11.8 Å². The summed E-state index contributed by atoms with van der Waals surface area (Å²) in [7, 11) is 1.81. The van der Waals surface area contributed by atoms with Gasteiger partial charge in [-0.25, -0.2) is 0 Å². The van der Waals surface area contributed by atoms with Crippen molar-refractivity contribution in [3.63, 3.8) is 0 Å². The van der Waals surface area contributed by atoms with Crippen LogP contribution in [0.1, 0.15) is 25.3 Å². The van der Waals surface area contributed by atoms with Crippen molar-refractivity contribution in [2.24, 2.45) is 5.92 Å². The maximum absolute atomic E-state index is 11.6. The van der Waals surface area contributed by atoms with Gasteiger partial charge in [0.25, 0.3) is 0 Å². The fourth-order valence-electron chi connectivity index (χ4n) is 2.23. The van der Waals surface area contributed by atoms with E-state index >= 15 is 0 Å². The zero-order chi connectivity index (χ0) is 13.3. The maximum atomic E-state index is 11.6. The number of benzene rings is 1. The molecule has 1 N–H and O–H groups in total. The number of anilines is 1. The monoisotopic (exact) mass is 265 g/mol. The summed E-state index contributed by atoms with van der Waals surface area (Å²) in [6.45, 7) is 4.39. The van der Waals surface area contributed by atoms with Crippen molar-refractivity contribution in [2.75, 3.05) is 24.3 Å². The van der Waals surface area contributed by atoms with Crippen LogP contribution in [0.15, 0.2) is 23.1 Å². The molecule has 0 aromatic heterocycles. The van der Waals surface area contributed by atoms with Crippen molar-refractivity contribution in [3.05, 3.63) is 23.8 Å². The number of fused-ring (bicyclic) bond motifs is 1. The molecule has 4 heteroatoms. The van der Waals surface area contributed by atoms with E-state index in [0.717, 1.165) is 16.1 Å². The Balaban J connectivity index is 2.36. The second-order valence-electron chi connectivity index (χ2n) is 5.00. The number of aliphatic hydroxyl groups excluding tert-OH is 1. The van der Waals surface area contributed by atoms with E-state index in [1.54, 1.807) is 16.7 Å². The van der Waals surface area contributed by atoms with Crippen molar-refractivity contribution in [3.8, 4) is 0 Å². The van der Waals surface area contributed by atoms with Crippen LogP contribution in [-0.2, 0) is 4.79 Å². The van der Waals surface area contributed by atoms with Gasteiger partial charge in [0.15, 0.2) is 0 Å². The number of amides is 1. The molecule has 2 rings (SSSR count). The summed E-state index contributed by atoms with van der Waals surface area (Å²) < 4.78 is 0. The van der Waals surface area contributed by atoms with Crippen LogP contribution >= 0.6 is 11.8 Å². The highest BCUT2D eigenvalue weighted by molar-refractivity contribution is 8.00. The normalized spacial score (nSPS) is 16.9. The van der Waals surface area contributed by atoms with Gasteiger partial charge in [0.05, 0.1) is 18.0 Å². The van der Waals surface area contributed by atoms with Gasteiger partial charge < -0.3 is 10.0 Å². The van der Waals surface area contributed by atoms with E-state index in [9.17, 15) is 9.90 Å². The van der Waals surface area contributed by atoms with Crippen LogP contribution in [0.4, 0.5) is 5.69 Å². The van der Waals surface area contributed by atoms with Crippen LogP contribution in [0.3, 0.4) is 0 Å². The minimum atomic E-state index is 0.141. The lowest BCUT2D eigenvalue weighted by atomic mass is 9.89. The van der Waals surface area contributed by atoms with Crippen LogP contribution in [0.5, 0.6) is 0 Å². The first-order chi connectivity index (χ1) is 8.54. The van der Waals surface area contributed by atoms with E-state index in [-0.39, 0.29) is 18.4 Å². The van der Waals surface area contributed by atoms with Gasteiger partial charge in [0.1, 0.15) is 0 Å². The molecule has 1 aromatic rings. The second-order valence-corrected chi connectivity index (χ2v) is 6.02. The summed E-state index contributed by atoms with van der Waals surface area (Å²) in [6.07, 6.45) is 0. The fourth-order valence-corrected chi connectivity index (χ4v) is 3.27. The van der Waals surface area contributed by atoms with Crippen molar-refractivity contribution in [1.82, 2.24) is 0 Å². The predicted octanol–water partition coefficient (Wildman–Crippen LogP) is 2.49. The van der Waals surface area contributed by atoms with Crippen molar-refractivity contribution < 1.29 is 9.90 Å². The second kappa shape index (κ2) is 5.33. The van der Waals surface area contributed by atoms with Gasteiger partial charge in [-0.05, 0) is 23.6 Å². The van der Waals surface area contributed by atoms with E-state index in [1.807, 2.05) is 19.2 Å². The molecule has 3 nitrogen and oxygen atoms in total. The number of carbonyl (C=O) groups excluding carboxylic acids is 1. The quantitative estimate of drug-likeness (QED) is 0.913. The number of carbonyl (C=O) groups is 1. The number of hydrogen-bond donors (Lipinski definition) is 1. The van der Waals surface area contributed by atoms with Gasteiger partial charge in [-0.3, -0.25) is 4.79 Å². The molecule has 0 fully saturated rings. The minimum Gasteiger partial charge on any atom is -0.396 e. The van der Waals surface area contributed by atoms with Crippen LogP contribution in [-0.4, -0.2) is 30.4 Å². The molecule has 18 heavy (non-hydrogen) atoms. The zero-order valence-corrected chi connectivity index (χ0v) is 11.8. The number of nitrogens with zero attached hydrogens (tertiary/aromatic N) is 1. The first-order valence-corrected chi connectivity index (χ1v) is 7.17. The zero-order valence-electron chi connectivity index (χ0n) is 11.0. The highest BCUT2D eigenvalue weighted by Crippen LogP contribution is 2.37. The molecule has 0 bridgehead atoms. The summed E-state index contributed by atoms with van der Waals surface area (Å²) in [6, 6.07) is 6.12. The SMILES string of the molecule is CC(C)C(CO)c1ccc2c(c1)SCC(=O)N2C. The van der Waals surface area contributed by atoms with Crippen molar-refractivity contribution >= 4 is 23.4 Å². The summed E-state index contributed by atoms with van der Waals surface area (Å²) in [5.41, 5.74) is 2.13. The number of hydrogen-bond acceptors (Lipinski definition) is 3. The van der Waals surface area contributed by atoms with Gasteiger partial charge in [-0.2, -0.15) is 0 Å². The first-order valence-electron chi connectivity index (χ1n) is 6.18. The van der Waals surface area contributed by atoms with Crippen LogP contribution in [0.2, 0.25) is 0 Å². The molecular formula is C14H19NO2S. The van der Waals surface area contributed by atoms with Crippen molar-refractivity contribution in [2.45, 2.75) is 24.7 Å². The van der Waals surface area contributed by atoms with E-state index in [4.69, 9.17) is 0 Å². The van der Waals surface area contributed by atoms with E-state index in [0.29, 0.717) is 11.7 Å². The largest absolute Gasteiger partial charge is 0.396 e. The Morgan fingerprint density at radius 3 is 2.78 bits per heavy atom. The highest BCUT2D eigenvalue weighted by atomic mass is 32.2. The summed E-state index contributed by atoms with van der Waals surface area (Å²) in [4.78, 5) is 14.4. The molecule has 1 unspecified atom stereocenters. The van der Waals surface area contributed by atoms with Gasteiger partial charge in [0.2, 0.25) is 5.91 Å². The average Bonchev–Trinajstić information content (AvgIpc) is 2.34. The molecule has 1 aliphatic heterocycles. The first kappa shape index (κ1) is 13.4. The summed E-state index contributed by atoms with van der Waals surface area (Å²) in [5, 5.41) is 9.48. The third kappa shape index (κ3) is 2.40. The molecule has 0 saturated heterocycles. The Labute approximate surface area is 112 Å². The van der Waals surface area contributed by atoms with E-state index < -0.39 is 0 Å². The van der Waals surface area contributed by atoms with Crippen LogP contribution in [0, 0.1) is 5.92 Å². The molecule has 1 aromatic carbocycles. The number of thioether (sulfide) groups is 1. The predicted molar refractivity (Wildman–Crippen MR) is 75.2 cm³/mol. The lowest BCUT2D eigenvalue weighted by Crippen LogP contribution is -2.31. The molecule has 1 heterocycles. The topological polar surface area (TPSA) is 40.5 Å². The van der Waals surface area contributed by atoms with E-state index in [1.165, 1.54) is 0 Å². The third-order valence-corrected chi connectivity index (χ3v) is 4.53. The Kier molecular flexibility index (Phi) is 3.97. The van der Waals surface area contributed by atoms with Crippen LogP contribution in [0.25, 0.3) is 0 Å². The smallest absolute Gasteiger partial charge is 0.237 e. The minimum absolute atomic E-state index is 0.141. The standard InChI is InChI=1S/C14H19NO2S/c1-9(2)11(7-16)10-4-5-12-13(6-10)18-8-14(17)15(12)3/h4-6,9,11,16H,7-8H2,1-3H3. The number of aliphatic hydroxyl groups is 1. The van der Waals surface area contributed by atoms with Gasteiger partial charge in [-0.1, -0.05) is 19.9 Å². The lowest BCUT2D eigenvalue weighted by molar-refractivity contribution is -0.116. The molecule has 1 atom stereocenters. The molecule has 1 amide bonds. The van der Waals surface area contributed by atoms with E-state index in [2.05, 4.69) is 19.9 Å². The molecule has 0 spiro atoms. The maximum Gasteiger partial charge on any atom is 0.237 e. The summed E-state index contributed by atoms with van der Waals surface area (Å²) in [5.74, 6) is 1.21. The third-order valence-electron chi connectivity index (χ3n) is 3.50.